The molecule has 1 aromatic carbocycles. The van der Waals surface area contributed by atoms with Crippen molar-refractivity contribution in [3.63, 3.8) is 0 Å². The molecule has 7 heteroatoms. The number of fused-ring (bicyclic) bond motifs is 7. The van der Waals surface area contributed by atoms with Gasteiger partial charge in [-0.1, -0.05) is 24.3 Å². The first-order valence-corrected chi connectivity index (χ1v) is 12.0. The number of aliphatic hydroxyl groups excluding tert-OH is 1. The zero-order valence-electron chi connectivity index (χ0n) is 19.0. The maximum Gasteiger partial charge on any atom is 0.270 e. The van der Waals surface area contributed by atoms with Crippen molar-refractivity contribution in [3.8, 4) is 0 Å². The van der Waals surface area contributed by atoms with Crippen molar-refractivity contribution in [2.75, 3.05) is 33.2 Å². The molecule has 33 heavy (non-hydrogen) atoms. The van der Waals surface area contributed by atoms with E-state index in [-0.39, 0.29) is 11.5 Å². The van der Waals surface area contributed by atoms with Gasteiger partial charge in [0.15, 0.2) is 0 Å². The van der Waals surface area contributed by atoms with Crippen LogP contribution in [0, 0.1) is 5.92 Å². The molecule has 3 aliphatic heterocycles. The van der Waals surface area contributed by atoms with Gasteiger partial charge in [0.2, 0.25) is 0 Å². The predicted molar refractivity (Wildman–Crippen MR) is 127 cm³/mol. The summed E-state index contributed by atoms with van der Waals surface area (Å²) in [6, 6.07) is 13.7. The van der Waals surface area contributed by atoms with Crippen LogP contribution in [0.4, 0.5) is 0 Å². The first-order chi connectivity index (χ1) is 16.0. The van der Waals surface area contributed by atoms with E-state index in [1.54, 1.807) is 11.0 Å². The fourth-order valence-corrected chi connectivity index (χ4v) is 6.34. The molecule has 3 aliphatic rings. The van der Waals surface area contributed by atoms with Gasteiger partial charge in [-0.15, -0.1) is 0 Å². The monoisotopic (exact) mass is 446 g/mol. The van der Waals surface area contributed by atoms with Crippen molar-refractivity contribution >= 4 is 16.8 Å². The number of hydrogen-bond donors (Lipinski definition) is 1. The Morgan fingerprint density at radius 3 is 2.76 bits per heavy atom. The molecule has 1 saturated heterocycles. The summed E-state index contributed by atoms with van der Waals surface area (Å²) in [6.07, 6.45) is 1.36. The van der Waals surface area contributed by atoms with Crippen LogP contribution in [0.5, 0.6) is 0 Å². The molecule has 0 spiro atoms. The number of carbonyl (C=O) groups is 1. The van der Waals surface area contributed by atoms with E-state index < -0.39 is 6.10 Å². The topological polar surface area (TPSA) is 70.7 Å². The van der Waals surface area contributed by atoms with Gasteiger partial charge in [0.1, 0.15) is 5.69 Å². The second-order valence-electron chi connectivity index (χ2n) is 10.0. The molecule has 5 heterocycles. The van der Waals surface area contributed by atoms with Crippen LogP contribution in [-0.2, 0) is 19.5 Å². The number of benzene rings is 1. The number of carbonyl (C=O) groups excluding carboxylic acids is 1. The van der Waals surface area contributed by atoms with Gasteiger partial charge in [0.05, 0.1) is 12.6 Å². The summed E-state index contributed by atoms with van der Waals surface area (Å²) in [5, 5.41) is 12.3. The predicted octanol–water partition coefficient (Wildman–Crippen LogP) is 1.91. The first kappa shape index (κ1) is 20.7. The van der Waals surface area contributed by atoms with Crippen LogP contribution in [0.25, 0.3) is 10.9 Å². The minimum absolute atomic E-state index is 0.0363. The number of amides is 1. The molecule has 1 N–H and O–H groups in total. The summed E-state index contributed by atoms with van der Waals surface area (Å²) >= 11 is 0. The van der Waals surface area contributed by atoms with Crippen LogP contribution in [-0.4, -0.2) is 69.3 Å². The Morgan fingerprint density at radius 2 is 1.88 bits per heavy atom. The van der Waals surface area contributed by atoms with Crippen molar-refractivity contribution in [3.05, 3.63) is 69.8 Å². The average Bonchev–Trinajstić information content (AvgIpc) is 3.11. The third kappa shape index (κ3) is 3.42. The first-order valence-electron chi connectivity index (χ1n) is 12.0. The number of pyridine rings is 1. The SMILES string of the molecule is CN1CCc2c(n(CC(O)CN3C[C@H]4C[C@@H](C3)c3cccc(=O)n3C4)c3ccccc23)C1=O. The molecular weight excluding hydrogens is 416 g/mol. The van der Waals surface area contributed by atoms with E-state index in [1.165, 1.54) is 0 Å². The Morgan fingerprint density at radius 1 is 1.03 bits per heavy atom. The molecule has 0 saturated carbocycles. The highest BCUT2D eigenvalue weighted by Crippen LogP contribution is 2.35. The highest BCUT2D eigenvalue weighted by Gasteiger charge is 2.35. The molecule has 6 rings (SSSR count). The summed E-state index contributed by atoms with van der Waals surface area (Å²) in [7, 11) is 1.85. The lowest BCUT2D eigenvalue weighted by molar-refractivity contribution is 0.0542. The van der Waals surface area contributed by atoms with Crippen molar-refractivity contribution in [1.82, 2.24) is 18.9 Å². The minimum Gasteiger partial charge on any atom is -0.390 e. The number of likely N-dealkylation sites (tertiary alicyclic amines) is 1. The third-order valence-electron chi connectivity index (χ3n) is 7.74. The molecule has 0 radical (unpaired) electrons. The highest BCUT2D eigenvalue weighted by molar-refractivity contribution is 6.02. The number of aliphatic hydroxyl groups is 1. The van der Waals surface area contributed by atoms with Crippen molar-refractivity contribution in [2.45, 2.75) is 38.0 Å². The number of nitrogens with zero attached hydrogens (tertiary/aromatic N) is 4. The van der Waals surface area contributed by atoms with Crippen LogP contribution in [0.1, 0.15) is 34.1 Å². The van der Waals surface area contributed by atoms with Gasteiger partial charge < -0.3 is 19.1 Å². The Balaban J connectivity index is 1.24. The van der Waals surface area contributed by atoms with Crippen LogP contribution < -0.4 is 5.56 Å². The Bertz CT molecular complexity index is 1290. The van der Waals surface area contributed by atoms with Gasteiger partial charge >= 0.3 is 0 Å². The zero-order chi connectivity index (χ0) is 22.7. The summed E-state index contributed by atoms with van der Waals surface area (Å²) < 4.78 is 3.97. The number of piperidine rings is 1. The van der Waals surface area contributed by atoms with Gasteiger partial charge in [-0.2, -0.15) is 0 Å². The van der Waals surface area contributed by atoms with Crippen molar-refractivity contribution in [2.24, 2.45) is 5.92 Å². The van der Waals surface area contributed by atoms with Crippen LogP contribution in [0.2, 0.25) is 0 Å². The smallest absolute Gasteiger partial charge is 0.270 e. The van der Waals surface area contributed by atoms with Gasteiger partial charge in [-0.3, -0.25) is 14.5 Å². The molecular formula is C26H30N4O3. The van der Waals surface area contributed by atoms with E-state index in [9.17, 15) is 14.7 Å². The largest absolute Gasteiger partial charge is 0.390 e. The van der Waals surface area contributed by atoms with E-state index in [2.05, 4.69) is 17.0 Å². The lowest BCUT2D eigenvalue weighted by atomic mass is 9.83. The Hall–Kier alpha value is -2.90. The molecule has 7 nitrogen and oxygen atoms in total. The number of para-hydroxylation sites is 1. The standard InChI is InChI=1S/C26H30N4O3/c1-27-10-9-21-20-5-2-3-6-23(20)30(25(21)26(27)33)16-19(31)15-28-12-17-11-18(14-28)22-7-4-8-24(32)29(22)13-17/h2-8,17-19,31H,9-16H2,1H3/t17-,18+,19?/m1/s1. The van der Waals surface area contributed by atoms with E-state index in [1.807, 2.05) is 40.4 Å². The van der Waals surface area contributed by atoms with E-state index >= 15 is 0 Å². The fraction of sp³-hybridized carbons (Fsp3) is 0.462. The molecule has 2 aromatic heterocycles. The molecule has 2 bridgehead atoms. The number of β-amino-alcohol motifs (C(OH)–C–C–N with tert-alkyl or cyclic N) is 1. The fourth-order valence-electron chi connectivity index (χ4n) is 6.34. The van der Waals surface area contributed by atoms with Crippen LogP contribution in [0.3, 0.4) is 0 Å². The molecule has 3 atom stereocenters. The van der Waals surface area contributed by atoms with Gasteiger partial charge in [0, 0.05) is 68.4 Å². The number of hydrogen-bond acceptors (Lipinski definition) is 4. The molecule has 3 aromatic rings. The highest BCUT2D eigenvalue weighted by atomic mass is 16.3. The summed E-state index contributed by atoms with van der Waals surface area (Å²) in [6.45, 7) is 4.19. The normalized spacial score (nSPS) is 23.5. The molecule has 1 fully saturated rings. The zero-order valence-corrected chi connectivity index (χ0v) is 19.0. The minimum atomic E-state index is -0.582. The lowest BCUT2D eigenvalue weighted by Crippen LogP contribution is -2.49. The number of rotatable bonds is 4. The molecule has 0 aliphatic carbocycles. The van der Waals surface area contributed by atoms with Crippen LogP contribution in [0.15, 0.2) is 47.3 Å². The Kier molecular flexibility index (Phi) is 4.92. The summed E-state index contributed by atoms with van der Waals surface area (Å²) in [5.41, 5.74) is 4.07. The summed E-state index contributed by atoms with van der Waals surface area (Å²) in [4.78, 5) is 29.4. The van der Waals surface area contributed by atoms with Gasteiger partial charge in [-0.25, -0.2) is 0 Å². The molecule has 1 amide bonds. The second kappa shape index (κ2) is 7.85. The second-order valence-corrected chi connectivity index (χ2v) is 10.0. The molecule has 1 unspecified atom stereocenters. The van der Waals surface area contributed by atoms with E-state index in [0.717, 1.165) is 66.9 Å². The molecule has 172 valence electrons. The lowest BCUT2D eigenvalue weighted by Gasteiger charge is -2.43. The number of likely N-dealkylation sites (N-methyl/N-ethyl adjacent to an activating group) is 1. The van der Waals surface area contributed by atoms with Crippen molar-refractivity contribution < 1.29 is 9.90 Å². The summed E-state index contributed by atoms with van der Waals surface area (Å²) in [5.74, 6) is 0.794. The van der Waals surface area contributed by atoms with Gasteiger partial charge in [0.25, 0.3) is 11.5 Å². The maximum atomic E-state index is 13.0. The van der Waals surface area contributed by atoms with E-state index in [0.29, 0.717) is 24.9 Å². The van der Waals surface area contributed by atoms with Gasteiger partial charge in [-0.05, 0) is 36.5 Å². The average molecular weight is 447 g/mol. The maximum absolute atomic E-state index is 13.0. The van der Waals surface area contributed by atoms with Crippen molar-refractivity contribution in [1.29, 1.82) is 0 Å². The Labute approximate surface area is 192 Å². The van der Waals surface area contributed by atoms with Crippen LogP contribution >= 0.6 is 0 Å². The quantitative estimate of drug-likeness (QED) is 0.665. The number of aromatic nitrogens is 2. The van der Waals surface area contributed by atoms with E-state index in [4.69, 9.17) is 0 Å². The third-order valence-corrected chi connectivity index (χ3v) is 7.74.